The highest BCUT2D eigenvalue weighted by Crippen LogP contribution is 2.22. The van der Waals surface area contributed by atoms with E-state index in [4.69, 9.17) is 11.6 Å². The average molecular weight is 308 g/mol. The Bertz CT molecular complexity index is 452. The van der Waals surface area contributed by atoms with Crippen molar-refractivity contribution in [3.63, 3.8) is 0 Å². The molecule has 0 aliphatic heterocycles. The normalized spacial score (nSPS) is 11.0. The minimum atomic E-state index is 0.475. The molecule has 0 N–H and O–H groups in total. The highest BCUT2D eigenvalue weighted by Gasteiger charge is 2.09. The first-order valence-electron chi connectivity index (χ1n) is 3.90. The second-order valence-corrected chi connectivity index (χ2v) is 3.92. The summed E-state index contributed by atoms with van der Waals surface area (Å²) in [5.41, 5.74) is 1.84. The average Bonchev–Trinajstić information content (AvgIpc) is 2.43. The Kier molecular flexibility index (Phi) is 2.42. The molecule has 0 fully saturated rings. The summed E-state index contributed by atoms with van der Waals surface area (Å²) in [5.74, 6) is 0. The van der Waals surface area contributed by atoms with Crippen molar-refractivity contribution in [3.8, 4) is 0 Å². The molecule has 13 heavy (non-hydrogen) atoms. The first-order chi connectivity index (χ1) is 6.24. The van der Waals surface area contributed by atoms with Crippen molar-refractivity contribution in [2.45, 2.75) is 13.5 Å². The fourth-order valence-electron chi connectivity index (χ4n) is 1.29. The lowest BCUT2D eigenvalue weighted by Crippen LogP contribution is -1.95. The molecule has 5 heteroatoms. The molecule has 0 amide bonds. The number of pyridine rings is 1. The van der Waals surface area contributed by atoms with Crippen molar-refractivity contribution in [1.82, 2.24) is 14.5 Å². The van der Waals surface area contributed by atoms with Gasteiger partial charge < -0.3 is 4.57 Å². The van der Waals surface area contributed by atoms with Gasteiger partial charge in [0.2, 0.25) is 0 Å². The molecule has 0 unspecified atom stereocenters. The lowest BCUT2D eigenvalue weighted by molar-refractivity contribution is 0.763. The van der Waals surface area contributed by atoms with Crippen LogP contribution in [0.25, 0.3) is 11.0 Å². The van der Waals surface area contributed by atoms with Gasteiger partial charge in [0.25, 0.3) is 0 Å². The predicted molar refractivity (Wildman–Crippen MR) is 60.9 cm³/mol. The predicted octanol–water partition coefficient (Wildman–Crippen LogP) is 2.71. The zero-order valence-corrected chi connectivity index (χ0v) is 9.87. The molecule has 68 valence electrons. The van der Waals surface area contributed by atoms with Gasteiger partial charge in [-0.25, -0.2) is 9.97 Å². The van der Waals surface area contributed by atoms with Gasteiger partial charge in [0, 0.05) is 12.7 Å². The van der Waals surface area contributed by atoms with Crippen LogP contribution in [0, 0.1) is 3.83 Å². The van der Waals surface area contributed by atoms with Crippen molar-refractivity contribution in [1.29, 1.82) is 0 Å². The number of imidazole rings is 1. The van der Waals surface area contributed by atoms with E-state index in [9.17, 15) is 0 Å². The van der Waals surface area contributed by atoms with Crippen LogP contribution in [0.2, 0.25) is 5.15 Å². The molecule has 2 heterocycles. The van der Waals surface area contributed by atoms with Gasteiger partial charge in [0.1, 0.15) is 5.52 Å². The van der Waals surface area contributed by atoms with Crippen LogP contribution in [-0.2, 0) is 6.54 Å². The Hall–Kier alpha value is -0.360. The number of aromatic nitrogens is 3. The van der Waals surface area contributed by atoms with E-state index in [2.05, 4.69) is 44.0 Å². The molecule has 2 aromatic heterocycles. The molecule has 2 rings (SSSR count). The monoisotopic (exact) mass is 307 g/mol. The van der Waals surface area contributed by atoms with Crippen molar-refractivity contribution in [2.75, 3.05) is 0 Å². The van der Waals surface area contributed by atoms with Gasteiger partial charge in [0.15, 0.2) is 8.98 Å². The smallest absolute Gasteiger partial charge is 0.172 e. The third-order valence-corrected chi connectivity index (χ3v) is 2.99. The first kappa shape index (κ1) is 9.21. The highest BCUT2D eigenvalue weighted by molar-refractivity contribution is 14.1. The SMILES string of the molecule is CCn1c(I)nc2c(Cl)nccc21. The number of hydrogen-bond donors (Lipinski definition) is 0. The van der Waals surface area contributed by atoms with E-state index in [1.807, 2.05) is 6.07 Å². The first-order valence-corrected chi connectivity index (χ1v) is 5.36. The Morgan fingerprint density at radius 3 is 3.08 bits per heavy atom. The molecule has 0 radical (unpaired) electrons. The molecule has 0 spiro atoms. The van der Waals surface area contributed by atoms with Gasteiger partial charge in [-0.05, 0) is 35.6 Å². The van der Waals surface area contributed by atoms with E-state index in [1.54, 1.807) is 6.20 Å². The summed E-state index contributed by atoms with van der Waals surface area (Å²) in [4.78, 5) is 8.32. The van der Waals surface area contributed by atoms with E-state index in [0.717, 1.165) is 21.4 Å². The lowest BCUT2D eigenvalue weighted by Gasteiger charge is -1.99. The van der Waals surface area contributed by atoms with E-state index >= 15 is 0 Å². The van der Waals surface area contributed by atoms with Crippen LogP contribution < -0.4 is 0 Å². The fraction of sp³-hybridized carbons (Fsp3) is 0.250. The molecule has 0 aliphatic rings. The van der Waals surface area contributed by atoms with Crippen LogP contribution in [0.15, 0.2) is 12.3 Å². The van der Waals surface area contributed by atoms with E-state index in [-0.39, 0.29) is 0 Å². The van der Waals surface area contributed by atoms with Crippen LogP contribution in [-0.4, -0.2) is 14.5 Å². The topological polar surface area (TPSA) is 30.7 Å². The molecule has 0 atom stereocenters. The lowest BCUT2D eigenvalue weighted by atomic mass is 10.4. The summed E-state index contributed by atoms with van der Waals surface area (Å²) in [6.45, 7) is 2.98. The quantitative estimate of drug-likeness (QED) is 0.599. The van der Waals surface area contributed by atoms with Gasteiger partial charge >= 0.3 is 0 Å². The van der Waals surface area contributed by atoms with Gasteiger partial charge in [-0.15, -0.1) is 0 Å². The summed E-state index contributed by atoms with van der Waals surface area (Å²) in [5, 5.41) is 0.475. The van der Waals surface area contributed by atoms with Crippen LogP contribution >= 0.6 is 34.2 Å². The Morgan fingerprint density at radius 1 is 1.62 bits per heavy atom. The third kappa shape index (κ3) is 1.42. The van der Waals surface area contributed by atoms with Crippen LogP contribution in [0.4, 0.5) is 0 Å². The minimum absolute atomic E-state index is 0.475. The molecule has 0 aliphatic carbocycles. The van der Waals surface area contributed by atoms with Crippen LogP contribution in [0.3, 0.4) is 0 Å². The maximum atomic E-state index is 5.91. The summed E-state index contributed by atoms with van der Waals surface area (Å²) in [6, 6.07) is 1.93. The van der Waals surface area contributed by atoms with Gasteiger partial charge in [-0.3, -0.25) is 0 Å². The summed E-state index contributed by atoms with van der Waals surface area (Å²) < 4.78 is 3.05. The van der Waals surface area contributed by atoms with Crippen molar-refractivity contribution >= 4 is 45.2 Å². The molecular weight excluding hydrogens is 300 g/mol. The molecule has 0 bridgehead atoms. The summed E-state index contributed by atoms with van der Waals surface area (Å²) >= 11 is 8.10. The number of nitrogens with zero attached hydrogens (tertiary/aromatic N) is 3. The number of halogens is 2. The van der Waals surface area contributed by atoms with E-state index in [0.29, 0.717) is 5.15 Å². The Labute approximate surface area is 94.3 Å². The standard InChI is InChI=1S/C8H7ClIN3/c1-2-13-5-3-4-11-7(9)6(5)12-8(13)10/h3-4H,2H2,1H3. The largest absolute Gasteiger partial charge is 0.319 e. The Balaban J connectivity index is 2.86. The van der Waals surface area contributed by atoms with Gasteiger partial charge in [0.05, 0.1) is 5.52 Å². The summed E-state index contributed by atoms with van der Waals surface area (Å²) in [6.07, 6.45) is 1.70. The zero-order chi connectivity index (χ0) is 9.42. The highest BCUT2D eigenvalue weighted by atomic mass is 127. The number of rotatable bonds is 1. The summed E-state index contributed by atoms with van der Waals surface area (Å²) in [7, 11) is 0. The van der Waals surface area contributed by atoms with Crippen molar-refractivity contribution < 1.29 is 0 Å². The Morgan fingerprint density at radius 2 is 2.38 bits per heavy atom. The zero-order valence-electron chi connectivity index (χ0n) is 6.96. The van der Waals surface area contributed by atoms with Crippen molar-refractivity contribution in [3.05, 3.63) is 21.2 Å². The van der Waals surface area contributed by atoms with E-state index in [1.165, 1.54) is 0 Å². The van der Waals surface area contributed by atoms with Crippen LogP contribution in [0.5, 0.6) is 0 Å². The molecule has 0 aromatic carbocycles. The number of fused-ring (bicyclic) bond motifs is 1. The van der Waals surface area contributed by atoms with Gasteiger partial charge in [-0.2, -0.15) is 0 Å². The molecule has 0 saturated carbocycles. The number of hydrogen-bond acceptors (Lipinski definition) is 2. The third-order valence-electron chi connectivity index (χ3n) is 1.89. The molecule has 3 nitrogen and oxygen atoms in total. The minimum Gasteiger partial charge on any atom is -0.319 e. The van der Waals surface area contributed by atoms with Gasteiger partial charge in [-0.1, -0.05) is 11.6 Å². The second-order valence-electron chi connectivity index (χ2n) is 2.59. The van der Waals surface area contributed by atoms with Crippen molar-refractivity contribution in [2.24, 2.45) is 0 Å². The maximum Gasteiger partial charge on any atom is 0.172 e. The molecule has 2 aromatic rings. The van der Waals surface area contributed by atoms with Crippen LogP contribution in [0.1, 0.15) is 6.92 Å². The fourth-order valence-corrected chi connectivity index (χ4v) is 2.33. The second kappa shape index (κ2) is 3.42. The molecular formula is C8H7ClIN3. The number of aryl methyl sites for hydroxylation is 1. The maximum absolute atomic E-state index is 5.91. The van der Waals surface area contributed by atoms with E-state index < -0.39 is 0 Å². The molecule has 0 saturated heterocycles.